The molecule has 0 spiro atoms. The summed E-state index contributed by atoms with van der Waals surface area (Å²) < 4.78 is 36.4. The molecule has 1 aromatic rings. The number of rotatable bonds is 2. The summed E-state index contributed by atoms with van der Waals surface area (Å²) in [5.41, 5.74) is -0.639. The van der Waals surface area contributed by atoms with E-state index >= 15 is 0 Å². The molecule has 0 radical (unpaired) electrons. The molecule has 0 heterocycles. The number of amides is 1. The van der Waals surface area contributed by atoms with Crippen LogP contribution in [-0.4, -0.2) is 12.1 Å². The molecule has 94 valence electrons. The van der Waals surface area contributed by atoms with Crippen LogP contribution in [0.15, 0.2) is 24.3 Å². The van der Waals surface area contributed by atoms with Gasteiger partial charge in [-0.3, -0.25) is 4.79 Å². The molecule has 1 N–H and O–H groups in total. The SMILES string of the molecule is CC(C)(NC(=O)C(F)(F)F)c1cccc(Cl)c1. The summed E-state index contributed by atoms with van der Waals surface area (Å²) in [6, 6.07) is 6.33. The van der Waals surface area contributed by atoms with Crippen LogP contribution >= 0.6 is 11.6 Å². The largest absolute Gasteiger partial charge is 0.471 e. The highest BCUT2D eigenvalue weighted by atomic mass is 35.5. The predicted molar refractivity (Wildman–Crippen MR) is 58.7 cm³/mol. The van der Waals surface area contributed by atoms with Gasteiger partial charge in [0.25, 0.3) is 0 Å². The molecule has 0 saturated carbocycles. The van der Waals surface area contributed by atoms with Gasteiger partial charge in [0.15, 0.2) is 0 Å². The lowest BCUT2D eigenvalue weighted by molar-refractivity contribution is -0.175. The molecule has 0 fully saturated rings. The van der Waals surface area contributed by atoms with Crippen LogP contribution in [0.1, 0.15) is 19.4 Å². The Bertz CT molecular complexity index is 429. The summed E-state index contributed by atoms with van der Waals surface area (Å²) in [6.45, 7) is 2.95. The summed E-state index contributed by atoms with van der Waals surface area (Å²) in [4.78, 5) is 10.9. The van der Waals surface area contributed by atoms with Crippen molar-refractivity contribution in [3.63, 3.8) is 0 Å². The second-order valence-corrected chi connectivity index (χ2v) is 4.52. The van der Waals surface area contributed by atoms with Gasteiger partial charge in [0.2, 0.25) is 0 Å². The van der Waals surface area contributed by atoms with Crippen molar-refractivity contribution in [1.82, 2.24) is 5.32 Å². The summed E-state index contributed by atoms with van der Waals surface area (Å²) in [6.07, 6.45) is -4.89. The smallest absolute Gasteiger partial charge is 0.339 e. The molecule has 6 heteroatoms. The van der Waals surface area contributed by atoms with E-state index in [9.17, 15) is 18.0 Å². The van der Waals surface area contributed by atoms with E-state index in [0.717, 1.165) is 0 Å². The van der Waals surface area contributed by atoms with Gasteiger partial charge in [-0.25, -0.2) is 0 Å². The number of hydrogen-bond donors (Lipinski definition) is 1. The number of halogens is 4. The molecule has 0 unspecified atom stereocenters. The van der Waals surface area contributed by atoms with Gasteiger partial charge in [-0.1, -0.05) is 23.7 Å². The number of nitrogens with one attached hydrogen (secondary N) is 1. The Balaban J connectivity index is 2.93. The molecule has 0 atom stereocenters. The summed E-state index contributed by atoms with van der Waals surface area (Å²) in [5.74, 6) is -1.97. The third-order valence-electron chi connectivity index (χ3n) is 2.23. The maximum absolute atomic E-state index is 12.1. The van der Waals surface area contributed by atoms with E-state index in [0.29, 0.717) is 10.6 Å². The van der Waals surface area contributed by atoms with E-state index in [1.54, 1.807) is 18.2 Å². The average molecular weight is 266 g/mol. The van der Waals surface area contributed by atoms with Crippen molar-refractivity contribution in [1.29, 1.82) is 0 Å². The molecule has 0 saturated heterocycles. The third kappa shape index (κ3) is 3.63. The zero-order valence-electron chi connectivity index (χ0n) is 9.23. The summed E-state index contributed by atoms with van der Waals surface area (Å²) in [5, 5.41) is 2.32. The average Bonchev–Trinajstić information content (AvgIpc) is 2.15. The van der Waals surface area contributed by atoms with Crippen molar-refractivity contribution in [2.75, 3.05) is 0 Å². The topological polar surface area (TPSA) is 29.1 Å². The van der Waals surface area contributed by atoms with E-state index in [1.165, 1.54) is 19.9 Å². The minimum Gasteiger partial charge on any atom is -0.339 e. The maximum atomic E-state index is 12.1. The second-order valence-electron chi connectivity index (χ2n) is 4.09. The zero-order chi connectivity index (χ0) is 13.3. The molecule has 0 aliphatic heterocycles. The van der Waals surface area contributed by atoms with E-state index in [1.807, 2.05) is 5.32 Å². The number of alkyl halides is 3. The molecular formula is C11H11ClF3NO. The van der Waals surface area contributed by atoms with Crippen molar-refractivity contribution >= 4 is 17.5 Å². The van der Waals surface area contributed by atoms with Gasteiger partial charge >= 0.3 is 12.1 Å². The normalized spacial score (nSPS) is 12.4. The Morgan fingerprint density at radius 3 is 2.35 bits per heavy atom. The Morgan fingerprint density at radius 1 is 1.29 bits per heavy atom. The van der Waals surface area contributed by atoms with Crippen LogP contribution in [0.25, 0.3) is 0 Å². The van der Waals surface area contributed by atoms with Gasteiger partial charge < -0.3 is 5.32 Å². The van der Waals surface area contributed by atoms with Crippen molar-refractivity contribution in [2.45, 2.75) is 25.6 Å². The standard InChI is InChI=1S/C11H11ClF3NO/c1-10(2,16-9(17)11(13,14)15)7-4-3-5-8(12)6-7/h3-6H,1-2H3,(H,16,17). The lowest BCUT2D eigenvalue weighted by Crippen LogP contribution is -2.47. The number of carbonyl (C=O) groups excluding carboxylic acids is 1. The maximum Gasteiger partial charge on any atom is 0.471 e. The van der Waals surface area contributed by atoms with Gasteiger partial charge in [0, 0.05) is 5.02 Å². The van der Waals surface area contributed by atoms with E-state index < -0.39 is 17.6 Å². The molecule has 0 aliphatic rings. The molecule has 17 heavy (non-hydrogen) atoms. The van der Waals surface area contributed by atoms with Crippen LogP contribution < -0.4 is 5.32 Å². The van der Waals surface area contributed by atoms with E-state index in [-0.39, 0.29) is 0 Å². The van der Waals surface area contributed by atoms with Gasteiger partial charge in [-0.05, 0) is 31.5 Å². The predicted octanol–water partition coefficient (Wildman–Crippen LogP) is 3.25. The van der Waals surface area contributed by atoms with Crippen LogP contribution in [-0.2, 0) is 10.3 Å². The summed E-state index contributed by atoms with van der Waals surface area (Å²) >= 11 is 5.74. The van der Waals surface area contributed by atoms with Gasteiger partial charge in [-0.15, -0.1) is 0 Å². The molecule has 0 aromatic heterocycles. The van der Waals surface area contributed by atoms with E-state index in [4.69, 9.17) is 11.6 Å². The number of carbonyl (C=O) groups is 1. The molecule has 1 aromatic carbocycles. The fourth-order valence-electron chi connectivity index (χ4n) is 1.30. The van der Waals surface area contributed by atoms with Crippen LogP contribution in [0.4, 0.5) is 13.2 Å². The Morgan fingerprint density at radius 2 is 1.88 bits per heavy atom. The highest BCUT2D eigenvalue weighted by Crippen LogP contribution is 2.25. The van der Waals surface area contributed by atoms with Crippen LogP contribution in [0, 0.1) is 0 Å². The van der Waals surface area contributed by atoms with Gasteiger partial charge in [0.1, 0.15) is 0 Å². The molecule has 1 rings (SSSR count). The second kappa shape index (κ2) is 4.56. The Labute approximate surface area is 102 Å². The first kappa shape index (κ1) is 13.8. The minimum absolute atomic E-state index is 0.400. The number of hydrogen-bond acceptors (Lipinski definition) is 1. The minimum atomic E-state index is -4.89. The van der Waals surface area contributed by atoms with Crippen LogP contribution in [0.5, 0.6) is 0 Å². The molecule has 1 amide bonds. The van der Waals surface area contributed by atoms with Crippen molar-refractivity contribution < 1.29 is 18.0 Å². The number of benzene rings is 1. The fourth-order valence-corrected chi connectivity index (χ4v) is 1.49. The highest BCUT2D eigenvalue weighted by molar-refractivity contribution is 6.30. The summed E-state index contributed by atoms with van der Waals surface area (Å²) in [7, 11) is 0. The third-order valence-corrected chi connectivity index (χ3v) is 2.46. The fraction of sp³-hybridized carbons (Fsp3) is 0.364. The molecule has 0 aliphatic carbocycles. The zero-order valence-corrected chi connectivity index (χ0v) is 9.99. The van der Waals surface area contributed by atoms with Gasteiger partial charge in [0.05, 0.1) is 5.54 Å². The van der Waals surface area contributed by atoms with Crippen LogP contribution in [0.2, 0.25) is 5.02 Å². The van der Waals surface area contributed by atoms with Crippen molar-refractivity contribution in [3.05, 3.63) is 34.9 Å². The monoisotopic (exact) mass is 265 g/mol. The van der Waals surface area contributed by atoms with Crippen LogP contribution in [0.3, 0.4) is 0 Å². The molecular weight excluding hydrogens is 255 g/mol. The Kier molecular flexibility index (Phi) is 3.71. The van der Waals surface area contributed by atoms with Crippen molar-refractivity contribution in [3.8, 4) is 0 Å². The van der Waals surface area contributed by atoms with E-state index in [2.05, 4.69) is 0 Å². The van der Waals surface area contributed by atoms with Crippen molar-refractivity contribution in [2.24, 2.45) is 0 Å². The lowest BCUT2D eigenvalue weighted by Gasteiger charge is -2.27. The molecule has 0 bridgehead atoms. The first-order valence-electron chi connectivity index (χ1n) is 4.78. The molecule has 2 nitrogen and oxygen atoms in total. The first-order valence-corrected chi connectivity index (χ1v) is 5.16. The quantitative estimate of drug-likeness (QED) is 0.874. The Hall–Kier alpha value is -1.23. The van der Waals surface area contributed by atoms with Gasteiger partial charge in [-0.2, -0.15) is 13.2 Å². The lowest BCUT2D eigenvalue weighted by atomic mass is 9.94. The highest BCUT2D eigenvalue weighted by Gasteiger charge is 2.41. The first-order chi connectivity index (χ1) is 7.63.